The van der Waals surface area contributed by atoms with E-state index in [2.05, 4.69) is 13.8 Å². The van der Waals surface area contributed by atoms with Crippen molar-refractivity contribution in [3.8, 4) is 11.5 Å². The number of carbonyl (C=O) groups is 2. The molecule has 0 N–H and O–H groups in total. The van der Waals surface area contributed by atoms with Gasteiger partial charge in [0, 0.05) is 20.1 Å². The average Bonchev–Trinajstić information content (AvgIpc) is 3.16. The van der Waals surface area contributed by atoms with Gasteiger partial charge in [-0.15, -0.1) is 0 Å². The van der Waals surface area contributed by atoms with Gasteiger partial charge in [0.2, 0.25) is 0 Å². The molecule has 0 spiro atoms. The molecule has 1 aromatic rings. The Bertz CT molecular complexity index is 885. The summed E-state index contributed by atoms with van der Waals surface area (Å²) in [6.07, 6.45) is 0.670. The Hall–Kier alpha value is -2.48. The van der Waals surface area contributed by atoms with E-state index in [0.29, 0.717) is 31.1 Å². The van der Waals surface area contributed by atoms with Crippen molar-refractivity contribution in [3.05, 3.63) is 23.8 Å². The first-order chi connectivity index (χ1) is 16.7. The predicted molar refractivity (Wildman–Crippen MR) is 138 cm³/mol. The third-order valence-electron chi connectivity index (χ3n) is 5.96. The maximum absolute atomic E-state index is 13.6. The van der Waals surface area contributed by atoms with Crippen molar-refractivity contribution in [3.63, 3.8) is 0 Å². The van der Waals surface area contributed by atoms with Crippen molar-refractivity contribution >= 4 is 12.1 Å². The molecule has 0 unspecified atom stereocenters. The van der Waals surface area contributed by atoms with E-state index in [-0.39, 0.29) is 11.8 Å². The lowest BCUT2D eigenvalue weighted by molar-refractivity contribution is -0.160. The van der Waals surface area contributed by atoms with E-state index in [1.165, 1.54) is 0 Å². The average molecular weight is 508 g/mol. The van der Waals surface area contributed by atoms with E-state index in [0.717, 1.165) is 12.0 Å². The maximum atomic E-state index is 13.6. The fourth-order valence-corrected chi connectivity index (χ4v) is 4.46. The largest absolute Gasteiger partial charge is 0.493 e. The second-order valence-corrected chi connectivity index (χ2v) is 11.6. The second-order valence-electron chi connectivity index (χ2n) is 11.6. The molecule has 1 fully saturated rings. The molecule has 8 nitrogen and oxygen atoms in total. The summed E-state index contributed by atoms with van der Waals surface area (Å²) in [7, 11) is 3.24. The van der Waals surface area contributed by atoms with Crippen LogP contribution < -0.4 is 9.47 Å². The standard InChI is InChI=1S/C28H45NO7/c1-18(2)20-17-21(25(30)35-27(3,4)5)29(26(31)36-28(6,7)8)24(20)19-12-13-22(33-10)23(16-19)34-15-11-14-32-9/h12-13,16,18,20-21,24H,11,14-15,17H2,1-10H3/t20-,21-,24-/m0/s1. The smallest absolute Gasteiger partial charge is 0.411 e. The summed E-state index contributed by atoms with van der Waals surface area (Å²) in [6.45, 7) is 16.2. The van der Waals surface area contributed by atoms with Gasteiger partial charge in [-0.1, -0.05) is 19.9 Å². The minimum atomic E-state index is -0.760. The van der Waals surface area contributed by atoms with Gasteiger partial charge in [-0.3, -0.25) is 4.90 Å². The van der Waals surface area contributed by atoms with E-state index < -0.39 is 35.3 Å². The van der Waals surface area contributed by atoms with Crippen molar-refractivity contribution in [1.82, 2.24) is 4.90 Å². The molecule has 2 rings (SSSR count). The first kappa shape index (κ1) is 29.7. The Morgan fingerprint density at radius 2 is 1.61 bits per heavy atom. The van der Waals surface area contributed by atoms with Gasteiger partial charge >= 0.3 is 12.1 Å². The van der Waals surface area contributed by atoms with E-state index in [4.69, 9.17) is 23.7 Å². The lowest BCUT2D eigenvalue weighted by atomic mass is 9.84. The van der Waals surface area contributed by atoms with Crippen LogP contribution in [-0.2, 0) is 19.0 Å². The van der Waals surface area contributed by atoms with Crippen molar-refractivity contribution < 1.29 is 33.3 Å². The molecular formula is C28H45NO7. The number of rotatable bonds is 9. The fourth-order valence-electron chi connectivity index (χ4n) is 4.46. The van der Waals surface area contributed by atoms with Crippen molar-refractivity contribution in [2.45, 2.75) is 91.5 Å². The van der Waals surface area contributed by atoms with Crippen LogP contribution >= 0.6 is 0 Å². The number of benzene rings is 1. The molecule has 0 saturated carbocycles. The van der Waals surface area contributed by atoms with E-state index in [1.54, 1.807) is 19.1 Å². The highest BCUT2D eigenvalue weighted by Gasteiger charge is 2.51. The van der Waals surface area contributed by atoms with Crippen LogP contribution in [0.2, 0.25) is 0 Å². The Labute approximate surface area is 216 Å². The first-order valence-electron chi connectivity index (χ1n) is 12.7. The van der Waals surface area contributed by atoms with Gasteiger partial charge < -0.3 is 23.7 Å². The molecular weight excluding hydrogens is 462 g/mol. The van der Waals surface area contributed by atoms with E-state index >= 15 is 0 Å². The number of hydrogen-bond donors (Lipinski definition) is 0. The van der Waals surface area contributed by atoms with Gasteiger partial charge in [0.25, 0.3) is 0 Å². The fraction of sp³-hybridized carbons (Fsp3) is 0.714. The third-order valence-corrected chi connectivity index (χ3v) is 5.96. The monoisotopic (exact) mass is 507 g/mol. The van der Waals surface area contributed by atoms with Gasteiger partial charge in [-0.05, 0) is 77.5 Å². The molecule has 1 saturated heterocycles. The van der Waals surface area contributed by atoms with Gasteiger partial charge in [-0.2, -0.15) is 0 Å². The van der Waals surface area contributed by atoms with Crippen molar-refractivity contribution in [2.24, 2.45) is 11.8 Å². The van der Waals surface area contributed by atoms with Crippen LogP contribution in [0.5, 0.6) is 11.5 Å². The van der Waals surface area contributed by atoms with Gasteiger partial charge in [0.05, 0.1) is 19.8 Å². The highest BCUT2D eigenvalue weighted by atomic mass is 16.6. The molecule has 36 heavy (non-hydrogen) atoms. The Kier molecular flexibility index (Phi) is 10.1. The topological polar surface area (TPSA) is 83.5 Å². The van der Waals surface area contributed by atoms with Crippen LogP contribution in [0.15, 0.2) is 18.2 Å². The normalized spacial score (nSPS) is 20.4. The zero-order chi connectivity index (χ0) is 27.3. The molecule has 0 bridgehead atoms. The molecule has 204 valence electrons. The number of hydrogen-bond acceptors (Lipinski definition) is 7. The molecule has 3 atom stereocenters. The summed E-state index contributed by atoms with van der Waals surface area (Å²) < 4.78 is 28.2. The van der Waals surface area contributed by atoms with Gasteiger partial charge in [0.1, 0.15) is 17.2 Å². The lowest BCUT2D eigenvalue weighted by Gasteiger charge is -2.34. The zero-order valence-corrected chi connectivity index (χ0v) is 23.7. The third kappa shape index (κ3) is 8.02. The number of ether oxygens (including phenoxy) is 5. The molecule has 0 radical (unpaired) electrons. The molecule has 1 heterocycles. The van der Waals surface area contributed by atoms with Crippen LogP contribution in [0.25, 0.3) is 0 Å². The van der Waals surface area contributed by atoms with Crippen molar-refractivity contribution in [1.29, 1.82) is 0 Å². The summed E-state index contributed by atoms with van der Waals surface area (Å²) in [4.78, 5) is 28.5. The Morgan fingerprint density at radius 3 is 2.14 bits per heavy atom. The molecule has 1 amide bonds. The highest BCUT2D eigenvalue weighted by molar-refractivity contribution is 5.83. The molecule has 1 aliphatic rings. The quantitative estimate of drug-likeness (QED) is 0.310. The van der Waals surface area contributed by atoms with Crippen LogP contribution in [0.4, 0.5) is 4.79 Å². The molecule has 8 heteroatoms. The SMILES string of the molecule is COCCCOc1cc([C@H]2[C@H](C(C)C)C[C@@H](C(=O)OC(C)(C)C)N2C(=O)OC(C)(C)C)ccc1OC. The predicted octanol–water partition coefficient (Wildman–Crippen LogP) is 5.77. The van der Waals surface area contributed by atoms with E-state index in [9.17, 15) is 9.59 Å². The van der Waals surface area contributed by atoms with Gasteiger partial charge in [-0.25, -0.2) is 9.59 Å². The maximum Gasteiger partial charge on any atom is 0.411 e. The highest BCUT2D eigenvalue weighted by Crippen LogP contribution is 2.47. The number of nitrogens with zero attached hydrogens (tertiary/aromatic N) is 1. The lowest BCUT2D eigenvalue weighted by Crippen LogP contribution is -2.46. The summed E-state index contributed by atoms with van der Waals surface area (Å²) in [5.41, 5.74) is -0.537. The van der Waals surface area contributed by atoms with Crippen LogP contribution in [-0.4, -0.2) is 61.6 Å². The molecule has 1 aliphatic heterocycles. The van der Waals surface area contributed by atoms with Crippen LogP contribution in [0.3, 0.4) is 0 Å². The first-order valence-corrected chi connectivity index (χ1v) is 12.7. The summed E-state index contributed by atoms with van der Waals surface area (Å²) in [5, 5.41) is 0. The number of carbonyl (C=O) groups excluding carboxylic acids is 2. The molecule has 0 aliphatic carbocycles. The number of esters is 1. The molecule has 0 aromatic heterocycles. The minimum absolute atomic E-state index is 0.00442. The Morgan fingerprint density at radius 1 is 0.972 bits per heavy atom. The van der Waals surface area contributed by atoms with Gasteiger partial charge in [0.15, 0.2) is 11.5 Å². The summed E-state index contributed by atoms with van der Waals surface area (Å²) >= 11 is 0. The van der Waals surface area contributed by atoms with Crippen molar-refractivity contribution in [2.75, 3.05) is 27.4 Å². The minimum Gasteiger partial charge on any atom is -0.493 e. The number of amides is 1. The summed E-state index contributed by atoms with van der Waals surface area (Å²) in [6, 6.07) is 4.51. The number of methoxy groups -OCH3 is 2. The van der Waals surface area contributed by atoms with E-state index in [1.807, 2.05) is 59.7 Å². The van der Waals surface area contributed by atoms with Crippen LogP contribution in [0, 0.1) is 11.8 Å². The second kappa shape index (κ2) is 12.2. The molecule has 1 aromatic carbocycles. The Balaban J connectivity index is 2.54. The van der Waals surface area contributed by atoms with Crippen LogP contribution in [0.1, 0.15) is 79.8 Å². The summed E-state index contributed by atoms with van der Waals surface area (Å²) in [5.74, 6) is 0.956. The zero-order valence-electron chi connectivity index (χ0n) is 23.7. The number of likely N-dealkylation sites (tertiary alicyclic amines) is 1.